The second kappa shape index (κ2) is 8.02. The Morgan fingerprint density at radius 3 is 1.82 bits per heavy atom. The second-order valence-corrected chi connectivity index (χ2v) is 17.2. The fourth-order valence-corrected chi connectivity index (χ4v) is 16.0. The first-order valence-electron chi connectivity index (χ1n) is 7.22. The minimum absolute atomic E-state index is 0.576. The van der Waals surface area contributed by atoms with Crippen LogP contribution in [0.3, 0.4) is 0 Å². The standard InChI is InChI=1S/C13H32OSSi2/c1-7-11-12-14-16(5,6)13(15)17(8-2,9-3)10-4/h13,15H,7-12H2,1-6H3/t13-/m1/s1. The Balaban J connectivity index is 4.67. The fraction of sp³-hybridized carbons (Fsp3) is 1.00. The fourth-order valence-electron chi connectivity index (χ4n) is 2.63. The molecule has 0 aliphatic rings. The summed E-state index contributed by atoms with van der Waals surface area (Å²) >= 11 is 5.03. The Bertz CT molecular complexity index is 197. The zero-order valence-electron chi connectivity index (χ0n) is 12.7. The van der Waals surface area contributed by atoms with Gasteiger partial charge in [-0.15, -0.1) is 0 Å². The summed E-state index contributed by atoms with van der Waals surface area (Å²) in [7, 11) is -2.83. The SMILES string of the molecule is CCCCO[Si](C)(C)[C@@H](S)[Si](CC)(CC)CC. The van der Waals surface area contributed by atoms with E-state index in [-0.39, 0.29) is 0 Å². The lowest BCUT2D eigenvalue weighted by molar-refractivity contribution is 0.300. The molecule has 0 radical (unpaired) electrons. The average Bonchev–Trinajstić information content (AvgIpc) is 2.32. The van der Waals surface area contributed by atoms with E-state index >= 15 is 0 Å². The van der Waals surface area contributed by atoms with Gasteiger partial charge in [0.15, 0.2) is 8.32 Å². The van der Waals surface area contributed by atoms with E-state index < -0.39 is 16.4 Å². The molecular weight excluding hydrogens is 260 g/mol. The molecule has 1 nitrogen and oxygen atoms in total. The Morgan fingerprint density at radius 1 is 1.00 bits per heavy atom. The molecule has 0 aromatic rings. The van der Waals surface area contributed by atoms with Crippen LogP contribution >= 0.6 is 12.6 Å². The zero-order valence-corrected chi connectivity index (χ0v) is 15.6. The van der Waals surface area contributed by atoms with E-state index in [1.54, 1.807) is 0 Å². The Hall–Kier alpha value is 0.744. The first kappa shape index (κ1) is 17.7. The van der Waals surface area contributed by atoms with Crippen LogP contribution in [-0.4, -0.2) is 27.5 Å². The van der Waals surface area contributed by atoms with Gasteiger partial charge in [-0.2, -0.15) is 12.6 Å². The van der Waals surface area contributed by atoms with E-state index in [0.29, 0.717) is 4.50 Å². The third-order valence-corrected chi connectivity index (χ3v) is 19.4. The largest absolute Gasteiger partial charge is 0.417 e. The Kier molecular flexibility index (Phi) is 8.37. The second-order valence-electron chi connectivity index (χ2n) is 5.63. The van der Waals surface area contributed by atoms with Gasteiger partial charge in [-0.3, -0.25) is 0 Å². The highest BCUT2D eigenvalue weighted by Crippen LogP contribution is 2.34. The molecule has 0 unspecified atom stereocenters. The normalized spacial score (nSPS) is 15.0. The summed E-state index contributed by atoms with van der Waals surface area (Å²) in [6, 6.07) is 4.05. The molecule has 0 bridgehead atoms. The van der Waals surface area contributed by atoms with Crippen molar-refractivity contribution >= 4 is 29.0 Å². The molecule has 0 N–H and O–H groups in total. The van der Waals surface area contributed by atoms with Gasteiger partial charge in [0.1, 0.15) is 0 Å². The highest BCUT2D eigenvalue weighted by molar-refractivity contribution is 7.85. The molecule has 0 aliphatic heterocycles. The monoisotopic (exact) mass is 292 g/mol. The van der Waals surface area contributed by atoms with Gasteiger partial charge < -0.3 is 4.43 Å². The molecule has 1 atom stereocenters. The summed E-state index contributed by atoms with van der Waals surface area (Å²) < 4.78 is 6.82. The number of hydrogen-bond donors (Lipinski definition) is 1. The van der Waals surface area contributed by atoms with Gasteiger partial charge in [-0.05, 0) is 19.5 Å². The van der Waals surface area contributed by atoms with Gasteiger partial charge >= 0.3 is 0 Å². The first-order chi connectivity index (χ1) is 7.90. The van der Waals surface area contributed by atoms with Crippen molar-refractivity contribution in [1.82, 2.24) is 0 Å². The minimum Gasteiger partial charge on any atom is -0.417 e. The lowest BCUT2D eigenvalue weighted by atomic mass is 10.4. The van der Waals surface area contributed by atoms with Crippen LogP contribution in [0, 0.1) is 0 Å². The predicted octanol–water partition coefficient (Wildman–Crippen LogP) is 4.89. The molecule has 0 aliphatic carbocycles. The molecule has 0 spiro atoms. The van der Waals surface area contributed by atoms with E-state index in [1.807, 2.05) is 0 Å². The molecular formula is C13H32OSSi2. The van der Waals surface area contributed by atoms with Crippen LogP contribution < -0.4 is 0 Å². The maximum Gasteiger partial charge on any atom is 0.196 e. The number of hydrogen-bond acceptors (Lipinski definition) is 2. The highest BCUT2D eigenvalue weighted by atomic mass is 32.1. The van der Waals surface area contributed by atoms with Crippen LogP contribution in [0.25, 0.3) is 0 Å². The summed E-state index contributed by atoms with van der Waals surface area (Å²) in [6.07, 6.45) is 2.41. The molecule has 0 saturated heterocycles. The molecule has 17 heavy (non-hydrogen) atoms. The third kappa shape index (κ3) is 4.73. The Labute approximate surface area is 116 Å². The molecule has 0 heterocycles. The maximum absolute atomic E-state index is 6.24. The summed E-state index contributed by atoms with van der Waals surface area (Å²) in [5.41, 5.74) is 0. The van der Waals surface area contributed by atoms with Crippen molar-refractivity contribution in [2.75, 3.05) is 6.61 Å². The van der Waals surface area contributed by atoms with Crippen LogP contribution in [0.4, 0.5) is 0 Å². The molecule has 0 saturated carbocycles. The van der Waals surface area contributed by atoms with Crippen LogP contribution in [0.2, 0.25) is 31.2 Å². The van der Waals surface area contributed by atoms with Crippen molar-refractivity contribution in [3.05, 3.63) is 0 Å². The molecule has 0 amide bonds. The maximum atomic E-state index is 6.24. The van der Waals surface area contributed by atoms with E-state index in [9.17, 15) is 0 Å². The predicted molar refractivity (Wildman–Crippen MR) is 88.3 cm³/mol. The van der Waals surface area contributed by atoms with Gasteiger partial charge in [0.05, 0.1) is 8.07 Å². The van der Waals surface area contributed by atoms with Gasteiger partial charge in [-0.1, -0.05) is 52.2 Å². The molecule has 104 valence electrons. The molecule has 0 rings (SSSR count). The number of unbranched alkanes of at least 4 members (excludes halogenated alkanes) is 1. The first-order valence-corrected chi connectivity index (χ1v) is 13.4. The van der Waals surface area contributed by atoms with Crippen molar-refractivity contribution in [3.8, 4) is 0 Å². The number of rotatable bonds is 9. The summed E-state index contributed by atoms with van der Waals surface area (Å²) in [5.74, 6) is 0. The van der Waals surface area contributed by atoms with Crippen LogP contribution in [0.15, 0.2) is 0 Å². The van der Waals surface area contributed by atoms with E-state index in [2.05, 4.69) is 40.8 Å². The average molecular weight is 293 g/mol. The third-order valence-electron chi connectivity index (χ3n) is 4.32. The van der Waals surface area contributed by atoms with Gasteiger partial charge in [0.25, 0.3) is 0 Å². The lowest BCUT2D eigenvalue weighted by Crippen LogP contribution is -2.58. The van der Waals surface area contributed by atoms with E-state index in [0.717, 1.165) is 6.61 Å². The van der Waals surface area contributed by atoms with Crippen LogP contribution in [0.5, 0.6) is 0 Å². The van der Waals surface area contributed by atoms with Crippen molar-refractivity contribution in [3.63, 3.8) is 0 Å². The van der Waals surface area contributed by atoms with Crippen molar-refractivity contribution < 1.29 is 4.43 Å². The van der Waals surface area contributed by atoms with Crippen LogP contribution in [0.1, 0.15) is 40.5 Å². The summed E-state index contributed by atoms with van der Waals surface area (Å²) in [4.78, 5) is 0. The van der Waals surface area contributed by atoms with Gasteiger partial charge in [0.2, 0.25) is 0 Å². The van der Waals surface area contributed by atoms with Gasteiger partial charge in [0, 0.05) is 11.1 Å². The summed E-state index contributed by atoms with van der Waals surface area (Å²) in [5, 5.41) is 0. The van der Waals surface area contributed by atoms with Crippen molar-refractivity contribution in [2.24, 2.45) is 0 Å². The number of thiol groups is 1. The molecule has 0 aromatic heterocycles. The highest BCUT2D eigenvalue weighted by Gasteiger charge is 2.45. The Morgan fingerprint density at radius 2 is 1.47 bits per heavy atom. The van der Waals surface area contributed by atoms with Gasteiger partial charge in [-0.25, -0.2) is 0 Å². The molecule has 4 heteroatoms. The van der Waals surface area contributed by atoms with Crippen molar-refractivity contribution in [2.45, 2.75) is 76.3 Å². The minimum atomic E-state index is -1.62. The van der Waals surface area contributed by atoms with E-state index in [1.165, 1.54) is 31.0 Å². The topological polar surface area (TPSA) is 9.23 Å². The van der Waals surface area contributed by atoms with Crippen LogP contribution in [-0.2, 0) is 4.43 Å². The zero-order chi connectivity index (χ0) is 13.5. The molecule has 0 aromatic carbocycles. The smallest absolute Gasteiger partial charge is 0.196 e. The van der Waals surface area contributed by atoms with E-state index in [4.69, 9.17) is 17.1 Å². The van der Waals surface area contributed by atoms with Crippen molar-refractivity contribution in [1.29, 1.82) is 0 Å². The lowest BCUT2D eigenvalue weighted by Gasteiger charge is -2.42. The summed E-state index contributed by atoms with van der Waals surface area (Å²) in [6.45, 7) is 15.0. The molecule has 0 fully saturated rings. The quantitative estimate of drug-likeness (QED) is 0.361.